The van der Waals surface area contributed by atoms with Crippen molar-refractivity contribution in [1.82, 2.24) is 0 Å². The van der Waals surface area contributed by atoms with Gasteiger partial charge in [0.25, 0.3) is 0 Å². The summed E-state index contributed by atoms with van der Waals surface area (Å²) in [7, 11) is 0. The average Bonchev–Trinajstić information content (AvgIpc) is 2.53. The quantitative estimate of drug-likeness (QED) is 0.281. The van der Waals surface area contributed by atoms with Gasteiger partial charge in [0.2, 0.25) is 0 Å². The smallest absolute Gasteiger partial charge is 0.170 e. The molecule has 0 bridgehead atoms. The Balaban J connectivity index is 1.77. The Morgan fingerprint density at radius 2 is 1.43 bits per heavy atom. The molecule has 21 heavy (non-hydrogen) atoms. The molecule has 0 saturated carbocycles. The largest absolute Gasteiger partial charge is 0.490 e. The fraction of sp³-hybridized carbons (Fsp3) is 0.133. The van der Waals surface area contributed by atoms with E-state index in [1.165, 1.54) is 12.1 Å². The van der Waals surface area contributed by atoms with Crippen LogP contribution in [0.4, 0.5) is 4.39 Å². The molecule has 6 heteroatoms. The molecule has 0 unspecified atom stereocenters. The van der Waals surface area contributed by atoms with E-state index in [2.05, 4.69) is 5.16 Å². The molecule has 0 amide bonds. The van der Waals surface area contributed by atoms with Crippen molar-refractivity contribution in [1.29, 1.82) is 0 Å². The van der Waals surface area contributed by atoms with Crippen LogP contribution in [0.15, 0.2) is 53.7 Å². The molecule has 0 aliphatic rings. The molecule has 0 heterocycles. The molecule has 0 saturated heterocycles. The molecule has 2 rings (SSSR count). The molecular weight excluding hydrogens is 275 g/mol. The molecular formula is C15H15FN2O3. The van der Waals surface area contributed by atoms with E-state index in [0.29, 0.717) is 30.3 Å². The van der Waals surface area contributed by atoms with Gasteiger partial charge < -0.3 is 20.4 Å². The predicted molar refractivity (Wildman–Crippen MR) is 76.3 cm³/mol. The second kappa shape index (κ2) is 7.14. The van der Waals surface area contributed by atoms with Crippen molar-refractivity contribution < 1.29 is 19.1 Å². The predicted octanol–water partition coefficient (Wildman–Crippen LogP) is 2.38. The van der Waals surface area contributed by atoms with E-state index in [1.807, 2.05) is 0 Å². The lowest BCUT2D eigenvalue weighted by Gasteiger charge is -2.08. The summed E-state index contributed by atoms with van der Waals surface area (Å²) in [6, 6.07) is 12.6. The van der Waals surface area contributed by atoms with Crippen molar-refractivity contribution in [2.75, 3.05) is 13.2 Å². The molecule has 2 aromatic carbocycles. The van der Waals surface area contributed by atoms with Crippen LogP contribution in [-0.4, -0.2) is 24.3 Å². The van der Waals surface area contributed by atoms with Crippen LogP contribution in [0.3, 0.4) is 0 Å². The van der Waals surface area contributed by atoms with Gasteiger partial charge in [-0.2, -0.15) is 0 Å². The zero-order valence-electron chi connectivity index (χ0n) is 11.2. The number of hydrogen-bond donors (Lipinski definition) is 2. The van der Waals surface area contributed by atoms with Gasteiger partial charge in [0.15, 0.2) is 5.84 Å². The van der Waals surface area contributed by atoms with Crippen molar-refractivity contribution >= 4 is 5.84 Å². The van der Waals surface area contributed by atoms with Gasteiger partial charge in [0.1, 0.15) is 30.5 Å². The van der Waals surface area contributed by atoms with E-state index >= 15 is 0 Å². The summed E-state index contributed by atoms with van der Waals surface area (Å²) in [5, 5.41) is 11.5. The van der Waals surface area contributed by atoms with Gasteiger partial charge in [-0.05, 0) is 48.5 Å². The lowest BCUT2D eigenvalue weighted by Crippen LogP contribution is -2.13. The van der Waals surface area contributed by atoms with Crippen molar-refractivity contribution in [2.45, 2.75) is 0 Å². The maximum absolute atomic E-state index is 12.7. The fourth-order valence-corrected chi connectivity index (χ4v) is 1.63. The molecule has 0 radical (unpaired) electrons. The maximum Gasteiger partial charge on any atom is 0.170 e. The zero-order valence-corrected chi connectivity index (χ0v) is 11.2. The number of rotatable bonds is 6. The third kappa shape index (κ3) is 4.38. The molecule has 0 aromatic heterocycles. The zero-order chi connectivity index (χ0) is 15.1. The second-order valence-corrected chi connectivity index (χ2v) is 4.16. The van der Waals surface area contributed by atoms with Gasteiger partial charge in [-0.25, -0.2) is 4.39 Å². The molecule has 0 aliphatic heterocycles. The van der Waals surface area contributed by atoms with Crippen LogP contribution < -0.4 is 15.2 Å². The van der Waals surface area contributed by atoms with Crippen molar-refractivity contribution in [3.63, 3.8) is 0 Å². The molecule has 5 nitrogen and oxygen atoms in total. The number of nitrogens with zero attached hydrogens (tertiary/aromatic N) is 1. The third-order valence-electron chi connectivity index (χ3n) is 2.69. The summed E-state index contributed by atoms with van der Waals surface area (Å²) in [6.45, 7) is 0.688. The Bertz CT molecular complexity index is 597. The molecule has 0 atom stereocenters. The number of ether oxygens (including phenoxy) is 2. The van der Waals surface area contributed by atoms with Crippen LogP contribution in [0.1, 0.15) is 5.56 Å². The maximum atomic E-state index is 12.7. The molecule has 2 aromatic rings. The van der Waals surface area contributed by atoms with E-state index in [1.54, 1.807) is 36.4 Å². The number of amidine groups is 1. The fourth-order valence-electron chi connectivity index (χ4n) is 1.63. The first-order valence-electron chi connectivity index (χ1n) is 6.28. The molecule has 0 spiro atoms. The van der Waals surface area contributed by atoms with Crippen LogP contribution in [0.5, 0.6) is 11.5 Å². The van der Waals surface area contributed by atoms with Crippen LogP contribution in [0, 0.1) is 5.82 Å². The van der Waals surface area contributed by atoms with Crippen LogP contribution in [-0.2, 0) is 0 Å². The topological polar surface area (TPSA) is 77.1 Å². The van der Waals surface area contributed by atoms with E-state index < -0.39 is 0 Å². The Hall–Kier alpha value is -2.76. The van der Waals surface area contributed by atoms with Crippen molar-refractivity contribution in [3.05, 3.63) is 59.9 Å². The first kappa shape index (κ1) is 14.6. The lowest BCUT2D eigenvalue weighted by molar-refractivity contribution is 0.217. The monoisotopic (exact) mass is 290 g/mol. The van der Waals surface area contributed by atoms with E-state index in [0.717, 1.165) is 0 Å². The van der Waals surface area contributed by atoms with E-state index in [9.17, 15) is 4.39 Å². The van der Waals surface area contributed by atoms with E-state index in [-0.39, 0.29) is 11.7 Å². The van der Waals surface area contributed by atoms with Crippen LogP contribution in [0.25, 0.3) is 0 Å². The minimum atomic E-state index is -0.301. The minimum Gasteiger partial charge on any atom is -0.490 e. The standard InChI is InChI=1S/C15H15FN2O3/c16-12-3-7-14(8-4-12)21-10-9-20-13-5-1-11(2-6-13)15(17)18-19/h1-8,19H,9-10H2,(H2,17,18). The van der Waals surface area contributed by atoms with Crippen LogP contribution >= 0.6 is 0 Å². The Kier molecular flexibility index (Phi) is 4.98. The average molecular weight is 290 g/mol. The second-order valence-electron chi connectivity index (χ2n) is 4.16. The highest BCUT2D eigenvalue weighted by atomic mass is 19.1. The molecule has 110 valence electrons. The number of halogens is 1. The number of hydrogen-bond acceptors (Lipinski definition) is 4. The lowest BCUT2D eigenvalue weighted by atomic mass is 10.2. The summed E-state index contributed by atoms with van der Waals surface area (Å²) in [5.74, 6) is 0.972. The summed E-state index contributed by atoms with van der Waals surface area (Å²) < 4.78 is 23.6. The first-order valence-corrected chi connectivity index (χ1v) is 6.28. The Morgan fingerprint density at radius 3 is 1.90 bits per heavy atom. The molecule has 3 N–H and O–H groups in total. The van der Waals surface area contributed by atoms with Crippen molar-refractivity contribution in [2.24, 2.45) is 10.9 Å². The minimum absolute atomic E-state index is 0.0428. The molecule has 0 fully saturated rings. The number of nitrogens with two attached hydrogens (primary N) is 1. The highest BCUT2D eigenvalue weighted by Gasteiger charge is 2.00. The van der Waals surface area contributed by atoms with Gasteiger partial charge in [0, 0.05) is 5.56 Å². The summed E-state index contributed by atoms with van der Waals surface area (Å²) in [6.07, 6.45) is 0. The van der Waals surface area contributed by atoms with Gasteiger partial charge in [-0.1, -0.05) is 5.16 Å². The Morgan fingerprint density at radius 1 is 0.952 bits per heavy atom. The van der Waals surface area contributed by atoms with Gasteiger partial charge in [0.05, 0.1) is 0 Å². The first-order chi connectivity index (χ1) is 10.2. The summed E-state index contributed by atoms with van der Waals surface area (Å²) >= 11 is 0. The number of oxime groups is 1. The van der Waals surface area contributed by atoms with Gasteiger partial charge in [-0.3, -0.25) is 0 Å². The van der Waals surface area contributed by atoms with Crippen molar-refractivity contribution in [3.8, 4) is 11.5 Å². The summed E-state index contributed by atoms with van der Waals surface area (Å²) in [4.78, 5) is 0. The van der Waals surface area contributed by atoms with E-state index in [4.69, 9.17) is 20.4 Å². The number of benzene rings is 2. The van der Waals surface area contributed by atoms with Crippen LogP contribution in [0.2, 0.25) is 0 Å². The highest BCUT2D eigenvalue weighted by Crippen LogP contribution is 2.13. The van der Waals surface area contributed by atoms with Gasteiger partial charge >= 0.3 is 0 Å². The van der Waals surface area contributed by atoms with Gasteiger partial charge in [-0.15, -0.1) is 0 Å². The Labute approximate surface area is 121 Å². The normalized spacial score (nSPS) is 11.2. The highest BCUT2D eigenvalue weighted by molar-refractivity contribution is 5.97. The summed E-state index contributed by atoms with van der Waals surface area (Å²) in [5.41, 5.74) is 6.06. The third-order valence-corrected chi connectivity index (χ3v) is 2.69. The SMILES string of the molecule is NC(=NO)c1ccc(OCCOc2ccc(F)cc2)cc1. The molecule has 0 aliphatic carbocycles.